The van der Waals surface area contributed by atoms with Gasteiger partial charge in [0.25, 0.3) is 0 Å². The van der Waals surface area contributed by atoms with Gasteiger partial charge in [-0.2, -0.15) is 0 Å². The number of carboxylic acids is 1. The number of hydrogen-bond acceptors (Lipinski definition) is 3. The molecule has 0 aliphatic carbocycles. The van der Waals surface area contributed by atoms with Gasteiger partial charge in [0.1, 0.15) is 6.04 Å². The van der Waals surface area contributed by atoms with Gasteiger partial charge >= 0.3 is 5.97 Å². The number of nitrogens with two attached hydrogens (primary N) is 1. The summed E-state index contributed by atoms with van der Waals surface area (Å²) in [6, 6.07) is -0.860. The van der Waals surface area contributed by atoms with Crippen LogP contribution >= 0.6 is 0 Å². The monoisotopic (exact) mass is 161 g/mol. The van der Waals surface area contributed by atoms with Gasteiger partial charge in [-0.05, 0) is 26.7 Å². The molecule has 0 saturated carbocycles. The maximum absolute atomic E-state index is 10.2. The fourth-order valence-corrected chi connectivity index (χ4v) is 0.632. The van der Waals surface area contributed by atoms with Gasteiger partial charge in [-0.3, -0.25) is 4.79 Å². The first-order valence-corrected chi connectivity index (χ1v) is 3.54. The zero-order valence-electron chi connectivity index (χ0n) is 6.87. The van der Waals surface area contributed by atoms with E-state index in [1.54, 1.807) is 13.8 Å². The SMILES string of the molecule is CC(C)(O)CCC(N)C(=O)O. The van der Waals surface area contributed by atoms with Crippen molar-refractivity contribution in [2.75, 3.05) is 0 Å². The molecule has 0 bridgehead atoms. The van der Waals surface area contributed by atoms with Crippen LogP contribution < -0.4 is 5.73 Å². The third kappa shape index (κ3) is 5.82. The van der Waals surface area contributed by atoms with E-state index in [9.17, 15) is 9.90 Å². The van der Waals surface area contributed by atoms with E-state index in [0.717, 1.165) is 0 Å². The van der Waals surface area contributed by atoms with Crippen molar-refractivity contribution in [2.24, 2.45) is 5.73 Å². The van der Waals surface area contributed by atoms with Crippen LogP contribution in [0.25, 0.3) is 0 Å². The predicted molar refractivity (Wildman–Crippen MR) is 41.1 cm³/mol. The quantitative estimate of drug-likeness (QED) is 0.539. The van der Waals surface area contributed by atoms with Crippen LogP contribution in [0.4, 0.5) is 0 Å². The summed E-state index contributed by atoms with van der Waals surface area (Å²) in [7, 11) is 0. The van der Waals surface area contributed by atoms with Crippen LogP contribution in [0.5, 0.6) is 0 Å². The molecule has 4 nitrogen and oxygen atoms in total. The van der Waals surface area contributed by atoms with Gasteiger partial charge in [0, 0.05) is 0 Å². The molecule has 0 radical (unpaired) electrons. The van der Waals surface area contributed by atoms with Crippen LogP contribution in [-0.2, 0) is 4.79 Å². The molecule has 0 aliphatic rings. The van der Waals surface area contributed by atoms with Crippen LogP contribution in [0.1, 0.15) is 26.7 Å². The number of rotatable bonds is 4. The Morgan fingerprint density at radius 3 is 2.36 bits per heavy atom. The second kappa shape index (κ2) is 3.69. The zero-order chi connectivity index (χ0) is 9.07. The van der Waals surface area contributed by atoms with Gasteiger partial charge in [-0.1, -0.05) is 0 Å². The van der Waals surface area contributed by atoms with E-state index in [-0.39, 0.29) is 0 Å². The van der Waals surface area contributed by atoms with E-state index in [1.807, 2.05) is 0 Å². The fourth-order valence-electron chi connectivity index (χ4n) is 0.632. The van der Waals surface area contributed by atoms with Crippen molar-refractivity contribution in [1.82, 2.24) is 0 Å². The molecule has 0 aromatic heterocycles. The van der Waals surface area contributed by atoms with Crippen LogP contribution in [-0.4, -0.2) is 27.8 Å². The summed E-state index contributed by atoms with van der Waals surface area (Å²) >= 11 is 0. The molecule has 4 N–H and O–H groups in total. The predicted octanol–water partition coefficient (Wildman–Crippen LogP) is -0.0506. The largest absolute Gasteiger partial charge is 0.480 e. The van der Waals surface area contributed by atoms with Crippen LogP contribution in [0, 0.1) is 0 Å². The second-order valence-electron chi connectivity index (χ2n) is 3.30. The lowest BCUT2D eigenvalue weighted by Gasteiger charge is -2.17. The van der Waals surface area contributed by atoms with E-state index >= 15 is 0 Å². The molecule has 0 aromatic carbocycles. The maximum atomic E-state index is 10.2. The Morgan fingerprint density at radius 2 is 2.09 bits per heavy atom. The topological polar surface area (TPSA) is 83.5 Å². The second-order valence-corrected chi connectivity index (χ2v) is 3.30. The lowest BCUT2D eigenvalue weighted by atomic mass is 10.00. The zero-order valence-corrected chi connectivity index (χ0v) is 6.87. The number of aliphatic carboxylic acids is 1. The Bertz CT molecular complexity index is 139. The van der Waals surface area contributed by atoms with Crippen LogP contribution in [0.2, 0.25) is 0 Å². The fraction of sp³-hybridized carbons (Fsp3) is 0.857. The number of hydrogen-bond donors (Lipinski definition) is 3. The molecule has 0 amide bonds. The highest BCUT2D eigenvalue weighted by molar-refractivity contribution is 5.72. The number of carbonyl (C=O) groups is 1. The van der Waals surface area contributed by atoms with Crippen molar-refractivity contribution in [3.8, 4) is 0 Å². The van der Waals surface area contributed by atoms with E-state index in [0.29, 0.717) is 12.8 Å². The minimum Gasteiger partial charge on any atom is -0.480 e. The maximum Gasteiger partial charge on any atom is 0.320 e. The van der Waals surface area contributed by atoms with E-state index in [4.69, 9.17) is 10.8 Å². The molecule has 4 heteroatoms. The Morgan fingerprint density at radius 1 is 1.64 bits per heavy atom. The Balaban J connectivity index is 3.63. The molecular weight excluding hydrogens is 146 g/mol. The summed E-state index contributed by atoms with van der Waals surface area (Å²) in [5.74, 6) is -1.02. The summed E-state index contributed by atoms with van der Waals surface area (Å²) in [5.41, 5.74) is 4.39. The highest BCUT2D eigenvalue weighted by Gasteiger charge is 2.17. The van der Waals surface area contributed by atoms with E-state index < -0.39 is 17.6 Å². The normalized spacial score (nSPS) is 14.5. The molecule has 66 valence electrons. The minimum absolute atomic E-state index is 0.304. The summed E-state index contributed by atoms with van der Waals surface area (Å²) in [6.45, 7) is 3.25. The summed E-state index contributed by atoms with van der Waals surface area (Å²) in [4.78, 5) is 10.2. The van der Waals surface area contributed by atoms with Gasteiger partial charge in [0.15, 0.2) is 0 Å². The number of carboxylic acid groups (broad SMARTS) is 1. The highest BCUT2D eigenvalue weighted by Crippen LogP contribution is 2.11. The molecule has 0 spiro atoms. The van der Waals surface area contributed by atoms with Gasteiger partial charge in [-0.15, -0.1) is 0 Å². The average Bonchev–Trinajstić information content (AvgIpc) is 1.80. The standard InChI is InChI=1S/C7H15NO3/c1-7(2,11)4-3-5(8)6(9)10/h5,11H,3-4,8H2,1-2H3,(H,9,10). The van der Waals surface area contributed by atoms with Crippen molar-refractivity contribution in [3.63, 3.8) is 0 Å². The molecule has 0 rings (SSSR count). The van der Waals surface area contributed by atoms with Crippen molar-refractivity contribution in [3.05, 3.63) is 0 Å². The van der Waals surface area contributed by atoms with E-state index in [2.05, 4.69) is 0 Å². The van der Waals surface area contributed by atoms with Crippen molar-refractivity contribution in [1.29, 1.82) is 0 Å². The first-order valence-electron chi connectivity index (χ1n) is 3.54. The van der Waals surface area contributed by atoms with Crippen molar-refractivity contribution < 1.29 is 15.0 Å². The lowest BCUT2D eigenvalue weighted by Crippen LogP contribution is -2.32. The van der Waals surface area contributed by atoms with Gasteiger partial charge in [0.2, 0.25) is 0 Å². The molecule has 0 aromatic rings. The highest BCUT2D eigenvalue weighted by atomic mass is 16.4. The average molecular weight is 161 g/mol. The Hall–Kier alpha value is -0.610. The van der Waals surface area contributed by atoms with Gasteiger partial charge in [0.05, 0.1) is 5.60 Å². The third-order valence-electron chi connectivity index (χ3n) is 1.38. The van der Waals surface area contributed by atoms with Crippen molar-refractivity contribution >= 4 is 5.97 Å². The molecule has 1 unspecified atom stereocenters. The third-order valence-corrected chi connectivity index (χ3v) is 1.38. The van der Waals surface area contributed by atoms with Gasteiger partial charge in [-0.25, -0.2) is 0 Å². The molecule has 0 aliphatic heterocycles. The van der Waals surface area contributed by atoms with Crippen LogP contribution in [0.3, 0.4) is 0 Å². The minimum atomic E-state index is -1.02. The first-order chi connectivity index (χ1) is 4.83. The van der Waals surface area contributed by atoms with Crippen molar-refractivity contribution in [2.45, 2.75) is 38.3 Å². The number of aliphatic hydroxyl groups is 1. The molecule has 0 fully saturated rings. The van der Waals surface area contributed by atoms with E-state index in [1.165, 1.54) is 0 Å². The lowest BCUT2D eigenvalue weighted by molar-refractivity contribution is -0.138. The summed E-state index contributed by atoms with van der Waals surface area (Å²) < 4.78 is 0. The van der Waals surface area contributed by atoms with Crippen LogP contribution in [0.15, 0.2) is 0 Å². The smallest absolute Gasteiger partial charge is 0.320 e. The summed E-state index contributed by atoms with van der Waals surface area (Å²) in [5, 5.41) is 17.6. The Kier molecular flexibility index (Phi) is 3.48. The summed E-state index contributed by atoms with van der Waals surface area (Å²) in [6.07, 6.45) is 0.708. The molecular formula is C7H15NO3. The first kappa shape index (κ1) is 10.4. The Labute approximate surface area is 66.0 Å². The molecule has 1 atom stereocenters. The molecule has 0 saturated heterocycles. The molecule has 11 heavy (non-hydrogen) atoms. The van der Waals surface area contributed by atoms with Gasteiger partial charge < -0.3 is 15.9 Å². The molecule has 0 heterocycles.